The molecule has 3 heterocycles. The molecule has 1 atom stereocenters. The maximum absolute atomic E-state index is 14.0. The summed E-state index contributed by atoms with van der Waals surface area (Å²) in [5.74, 6) is -0.609. The lowest BCUT2D eigenvalue weighted by atomic mass is 9.88. The summed E-state index contributed by atoms with van der Waals surface area (Å²) < 4.78 is 15.8. The van der Waals surface area contributed by atoms with Crippen molar-refractivity contribution in [1.82, 2.24) is 29.9 Å². The van der Waals surface area contributed by atoms with Crippen LogP contribution in [0.5, 0.6) is 0 Å². The molecule has 3 aromatic heterocycles. The zero-order chi connectivity index (χ0) is 30.2. The van der Waals surface area contributed by atoms with E-state index in [9.17, 15) is 14.9 Å². The van der Waals surface area contributed by atoms with Crippen LogP contribution >= 0.6 is 0 Å². The van der Waals surface area contributed by atoms with E-state index in [1.807, 2.05) is 23.0 Å². The van der Waals surface area contributed by atoms with Crippen molar-refractivity contribution < 1.29 is 4.39 Å². The molecule has 0 spiro atoms. The van der Waals surface area contributed by atoms with Gasteiger partial charge < -0.3 is 5.32 Å². The summed E-state index contributed by atoms with van der Waals surface area (Å²) in [6, 6.07) is 14.7. The highest BCUT2D eigenvalue weighted by Gasteiger charge is 2.49. The van der Waals surface area contributed by atoms with Crippen LogP contribution in [-0.4, -0.2) is 36.5 Å². The Hall–Kier alpha value is -5.22. The van der Waals surface area contributed by atoms with Gasteiger partial charge >= 0.3 is 0 Å². The van der Waals surface area contributed by atoms with Crippen LogP contribution < -0.4 is 5.32 Å². The third-order valence-corrected chi connectivity index (χ3v) is 7.85. The Labute approximate surface area is 249 Å². The highest BCUT2D eigenvalue weighted by Crippen LogP contribution is 2.48. The van der Waals surface area contributed by atoms with Crippen molar-refractivity contribution in [2.24, 2.45) is 5.41 Å². The summed E-state index contributed by atoms with van der Waals surface area (Å²) in [4.78, 5) is 13.2. The molecule has 0 unspecified atom stereocenters. The minimum Gasteiger partial charge on any atom is -0.383 e. The Morgan fingerprint density at radius 1 is 1.02 bits per heavy atom. The molecule has 0 saturated heterocycles. The number of aromatic nitrogens is 6. The minimum absolute atomic E-state index is 0.0399. The summed E-state index contributed by atoms with van der Waals surface area (Å²) >= 11 is 0. The van der Waals surface area contributed by atoms with E-state index in [0.29, 0.717) is 40.7 Å². The van der Waals surface area contributed by atoms with Gasteiger partial charge in [-0.25, -0.2) is 9.07 Å². The Morgan fingerprint density at radius 2 is 1.79 bits per heavy atom. The molecule has 43 heavy (non-hydrogen) atoms. The van der Waals surface area contributed by atoms with Crippen molar-refractivity contribution in [3.05, 3.63) is 107 Å². The van der Waals surface area contributed by atoms with Crippen molar-refractivity contribution in [1.29, 1.82) is 10.5 Å². The van der Waals surface area contributed by atoms with Crippen molar-refractivity contribution in [3.8, 4) is 12.1 Å². The molecule has 0 radical (unpaired) electrons. The lowest BCUT2D eigenvalue weighted by Crippen LogP contribution is -2.21. The van der Waals surface area contributed by atoms with Crippen molar-refractivity contribution in [3.63, 3.8) is 0 Å². The number of rotatable bonds is 8. The van der Waals surface area contributed by atoms with E-state index < -0.39 is 0 Å². The average Bonchev–Trinajstić information content (AvgIpc) is 3.68. The first kappa shape index (κ1) is 27.9. The van der Waals surface area contributed by atoms with Gasteiger partial charge in [-0.1, -0.05) is 38.1 Å². The number of pyridine rings is 1. The van der Waals surface area contributed by atoms with Crippen molar-refractivity contribution in [2.45, 2.75) is 51.5 Å². The fourth-order valence-corrected chi connectivity index (χ4v) is 5.42. The van der Waals surface area contributed by atoms with Crippen molar-refractivity contribution >= 4 is 16.6 Å². The Kier molecular flexibility index (Phi) is 7.07. The molecule has 214 valence electrons. The van der Waals surface area contributed by atoms with E-state index in [1.54, 1.807) is 30.7 Å². The molecular weight excluding hydrogens is 541 g/mol. The van der Waals surface area contributed by atoms with Gasteiger partial charge in [-0.3, -0.25) is 15.0 Å². The topological polar surface area (TPSA) is 129 Å². The maximum Gasteiger partial charge on any atom is 0.123 e. The molecule has 1 aliphatic rings. The SMILES string of the molecule is CC(C)(C)CNc1c(C#N)cnc2c(C#N)cc(C[C@@H](c3ccc(F)cc3)c3cn(C4(c5cnccn5)CC4)nn3)cc12. The molecule has 1 saturated carbocycles. The fraction of sp³-hybridized carbons (Fsp3) is 0.303. The molecule has 0 bridgehead atoms. The second-order valence-corrected chi connectivity index (χ2v) is 12.2. The van der Waals surface area contributed by atoms with Crippen LogP contribution in [0.4, 0.5) is 10.1 Å². The van der Waals surface area contributed by atoms with E-state index in [2.05, 4.69) is 63.5 Å². The number of hydrogen-bond acceptors (Lipinski definition) is 8. The van der Waals surface area contributed by atoms with E-state index in [1.165, 1.54) is 18.3 Å². The average molecular weight is 572 g/mol. The van der Waals surface area contributed by atoms with Crippen LogP contribution in [0.3, 0.4) is 0 Å². The van der Waals surface area contributed by atoms with Gasteiger partial charge in [0.25, 0.3) is 0 Å². The number of nitrogens with zero attached hydrogens (tertiary/aromatic N) is 8. The molecule has 0 aliphatic heterocycles. The van der Waals surface area contributed by atoms with Crippen LogP contribution in [0.2, 0.25) is 0 Å². The molecule has 5 aromatic rings. The summed E-state index contributed by atoms with van der Waals surface area (Å²) in [5, 5.41) is 33.2. The summed E-state index contributed by atoms with van der Waals surface area (Å²) in [7, 11) is 0. The van der Waals surface area contributed by atoms with Gasteiger partial charge in [0, 0.05) is 36.4 Å². The maximum atomic E-state index is 14.0. The first-order chi connectivity index (χ1) is 20.7. The van der Waals surface area contributed by atoms with Gasteiger partial charge in [-0.05, 0) is 60.1 Å². The predicted molar refractivity (Wildman–Crippen MR) is 159 cm³/mol. The predicted octanol–water partition coefficient (Wildman–Crippen LogP) is 5.87. The standard InChI is InChI=1S/C33H30FN9/c1-32(2,3)20-40-31-24(16-36)17-39-30-23(15-35)12-21(14-27(30)31)13-26(22-4-6-25(34)7-5-22)28-19-43(42-41-28)33(8-9-33)29-18-37-10-11-38-29/h4-7,10-12,14,17-19,26H,8-9,13,20H2,1-3H3,(H,39,40)/t26-/m0/s1. The first-order valence-corrected chi connectivity index (χ1v) is 14.2. The molecule has 9 nitrogen and oxygen atoms in total. The van der Waals surface area contributed by atoms with Crippen molar-refractivity contribution in [2.75, 3.05) is 11.9 Å². The molecule has 0 amide bonds. The number of hydrogen-bond donors (Lipinski definition) is 1. The Bertz CT molecular complexity index is 1870. The Balaban J connectivity index is 1.44. The van der Waals surface area contributed by atoms with E-state index >= 15 is 0 Å². The number of anilines is 1. The molecule has 6 rings (SSSR count). The number of fused-ring (bicyclic) bond motifs is 1. The summed E-state index contributed by atoms with van der Waals surface area (Å²) in [5.41, 5.74) is 4.88. The molecule has 1 N–H and O–H groups in total. The van der Waals surface area contributed by atoms with E-state index in [0.717, 1.165) is 35.4 Å². The smallest absolute Gasteiger partial charge is 0.123 e. The van der Waals surface area contributed by atoms with Crippen LogP contribution in [-0.2, 0) is 12.0 Å². The van der Waals surface area contributed by atoms with Gasteiger partial charge in [0.2, 0.25) is 0 Å². The van der Waals surface area contributed by atoms with Gasteiger partial charge in [-0.2, -0.15) is 10.5 Å². The van der Waals surface area contributed by atoms with Gasteiger partial charge in [0.1, 0.15) is 23.5 Å². The van der Waals surface area contributed by atoms with Crippen LogP contribution in [0, 0.1) is 33.9 Å². The minimum atomic E-state index is -0.378. The van der Waals surface area contributed by atoms with E-state index in [4.69, 9.17) is 0 Å². The lowest BCUT2D eigenvalue weighted by molar-refractivity contribution is 0.443. The van der Waals surface area contributed by atoms with E-state index in [-0.39, 0.29) is 22.7 Å². The van der Waals surface area contributed by atoms with Gasteiger partial charge in [0.15, 0.2) is 0 Å². The largest absolute Gasteiger partial charge is 0.383 e. The molecule has 10 heteroatoms. The third kappa shape index (κ3) is 5.52. The van der Waals surface area contributed by atoms with Crippen LogP contribution in [0.25, 0.3) is 10.9 Å². The van der Waals surface area contributed by atoms with Crippen LogP contribution in [0.1, 0.15) is 73.2 Å². The highest BCUT2D eigenvalue weighted by atomic mass is 19.1. The summed E-state index contributed by atoms with van der Waals surface area (Å²) in [6.07, 6.45) is 10.8. The lowest BCUT2D eigenvalue weighted by Gasteiger charge is -2.22. The third-order valence-electron chi connectivity index (χ3n) is 7.85. The Morgan fingerprint density at radius 3 is 2.44 bits per heavy atom. The zero-order valence-electron chi connectivity index (χ0n) is 24.2. The zero-order valence-corrected chi connectivity index (χ0v) is 24.2. The molecule has 1 fully saturated rings. The molecular formula is C33H30FN9. The highest BCUT2D eigenvalue weighted by molar-refractivity contribution is 5.97. The normalized spacial score (nSPS) is 14.6. The second kappa shape index (κ2) is 10.9. The number of nitriles is 2. The molecule has 1 aliphatic carbocycles. The van der Waals surface area contributed by atoms with Gasteiger partial charge in [0.05, 0.1) is 46.1 Å². The second-order valence-electron chi connectivity index (χ2n) is 12.2. The molecule has 2 aromatic carbocycles. The fourth-order valence-electron chi connectivity index (χ4n) is 5.42. The number of nitrogens with one attached hydrogen (secondary N) is 1. The van der Waals surface area contributed by atoms with Crippen LogP contribution in [0.15, 0.2) is 67.4 Å². The first-order valence-electron chi connectivity index (χ1n) is 14.2. The number of halogens is 1. The monoisotopic (exact) mass is 571 g/mol. The van der Waals surface area contributed by atoms with Gasteiger partial charge in [-0.15, -0.1) is 5.10 Å². The number of benzene rings is 2. The summed E-state index contributed by atoms with van der Waals surface area (Å²) in [6.45, 7) is 6.95. The quantitative estimate of drug-likeness (QED) is 0.245.